The summed E-state index contributed by atoms with van der Waals surface area (Å²) in [6.45, 7) is 3.02. The van der Waals surface area contributed by atoms with E-state index in [4.69, 9.17) is 5.11 Å². The zero-order valence-corrected chi connectivity index (χ0v) is 14.4. The maximum Gasteiger partial charge on any atom is 0.234 e. The van der Waals surface area contributed by atoms with Crippen molar-refractivity contribution in [1.29, 1.82) is 0 Å². The van der Waals surface area contributed by atoms with Crippen molar-refractivity contribution in [3.05, 3.63) is 35.9 Å². The number of nitrogens with zero attached hydrogens (tertiary/aromatic N) is 1. The number of hydrogen-bond acceptors (Lipinski definition) is 3. The van der Waals surface area contributed by atoms with Crippen molar-refractivity contribution >= 4 is 5.91 Å². The van der Waals surface area contributed by atoms with Crippen LogP contribution in [-0.2, 0) is 10.2 Å². The number of nitrogens with one attached hydrogen (secondary N) is 1. The summed E-state index contributed by atoms with van der Waals surface area (Å²) in [5.74, 6) is 0.0358. The van der Waals surface area contributed by atoms with E-state index in [1.54, 1.807) is 0 Å². The van der Waals surface area contributed by atoms with Crippen molar-refractivity contribution in [2.24, 2.45) is 0 Å². The second kappa shape index (κ2) is 8.46. The molecule has 1 saturated carbocycles. The number of carbonyl (C=O) groups excluding carboxylic acids is 1. The smallest absolute Gasteiger partial charge is 0.234 e. The number of carbonyl (C=O) groups is 1. The topological polar surface area (TPSA) is 52.6 Å². The first-order valence-electron chi connectivity index (χ1n) is 8.71. The zero-order valence-electron chi connectivity index (χ0n) is 14.4. The summed E-state index contributed by atoms with van der Waals surface area (Å²) < 4.78 is 0. The molecule has 1 aliphatic carbocycles. The molecule has 2 rings (SSSR count). The van der Waals surface area contributed by atoms with Crippen LogP contribution < -0.4 is 5.32 Å². The number of benzene rings is 1. The number of hydrogen-bond donors (Lipinski definition) is 2. The molecule has 0 aliphatic heterocycles. The lowest BCUT2D eigenvalue weighted by Crippen LogP contribution is -2.46. The van der Waals surface area contributed by atoms with Gasteiger partial charge in [0.1, 0.15) is 0 Å². The summed E-state index contributed by atoms with van der Waals surface area (Å²) in [7, 11) is 1.87. The monoisotopic (exact) mass is 318 g/mol. The average Bonchev–Trinajstić information content (AvgIpc) is 2.60. The molecular formula is C19H30N2O2. The van der Waals surface area contributed by atoms with Crippen LogP contribution in [0.25, 0.3) is 0 Å². The van der Waals surface area contributed by atoms with Gasteiger partial charge in [0, 0.05) is 18.0 Å². The Morgan fingerprint density at radius 2 is 1.91 bits per heavy atom. The molecule has 128 valence electrons. The van der Waals surface area contributed by atoms with Crippen LogP contribution in [0.3, 0.4) is 0 Å². The summed E-state index contributed by atoms with van der Waals surface area (Å²) in [5.41, 5.74) is 1.42. The van der Waals surface area contributed by atoms with Crippen molar-refractivity contribution in [3.8, 4) is 0 Å². The third kappa shape index (κ3) is 4.79. The highest BCUT2D eigenvalue weighted by molar-refractivity contribution is 5.78. The van der Waals surface area contributed by atoms with E-state index in [0.717, 1.165) is 12.8 Å². The van der Waals surface area contributed by atoms with E-state index in [2.05, 4.69) is 29.6 Å². The molecule has 0 heterocycles. The molecule has 1 atom stereocenters. The van der Waals surface area contributed by atoms with Gasteiger partial charge in [0.25, 0.3) is 0 Å². The van der Waals surface area contributed by atoms with Crippen LogP contribution >= 0.6 is 0 Å². The normalized spacial score (nSPS) is 18.6. The van der Waals surface area contributed by atoms with Gasteiger partial charge in [-0.3, -0.25) is 9.69 Å². The Morgan fingerprint density at radius 3 is 2.52 bits per heavy atom. The van der Waals surface area contributed by atoms with Crippen molar-refractivity contribution in [1.82, 2.24) is 10.2 Å². The fraction of sp³-hybridized carbons (Fsp3) is 0.632. The highest BCUT2D eigenvalue weighted by Crippen LogP contribution is 2.38. The van der Waals surface area contributed by atoms with Crippen LogP contribution in [0.2, 0.25) is 0 Å². The standard InChI is InChI=1S/C19H30N2O2/c1-16(14-22)21(2)13-18(23)20-15-19(11-7-4-8-12-19)17-9-5-3-6-10-17/h3,5-6,9-10,16,22H,4,7-8,11-15H2,1-2H3,(H,20,23). The molecule has 0 saturated heterocycles. The Morgan fingerprint density at radius 1 is 1.26 bits per heavy atom. The SMILES string of the molecule is CC(CO)N(C)CC(=O)NCC1(c2ccccc2)CCCCC1. The highest BCUT2D eigenvalue weighted by atomic mass is 16.3. The predicted molar refractivity (Wildman–Crippen MR) is 93.4 cm³/mol. The fourth-order valence-electron chi connectivity index (χ4n) is 3.43. The van der Waals surface area contributed by atoms with Gasteiger partial charge < -0.3 is 10.4 Å². The molecule has 1 aliphatic rings. The Balaban J connectivity index is 1.98. The lowest BCUT2D eigenvalue weighted by molar-refractivity contribution is -0.122. The van der Waals surface area contributed by atoms with E-state index in [-0.39, 0.29) is 24.0 Å². The maximum absolute atomic E-state index is 12.3. The Hall–Kier alpha value is -1.39. The van der Waals surface area contributed by atoms with Crippen LogP contribution in [0.15, 0.2) is 30.3 Å². The van der Waals surface area contributed by atoms with Crippen LogP contribution in [0.1, 0.15) is 44.6 Å². The highest BCUT2D eigenvalue weighted by Gasteiger charge is 2.34. The number of amides is 1. The molecule has 0 bridgehead atoms. The van der Waals surface area contributed by atoms with Crippen molar-refractivity contribution < 1.29 is 9.90 Å². The van der Waals surface area contributed by atoms with Crippen molar-refractivity contribution in [3.63, 3.8) is 0 Å². The predicted octanol–water partition coefficient (Wildman–Crippen LogP) is 2.32. The third-order valence-electron chi connectivity index (χ3n) is 5.23. The minimum absolute atomic E-state index is 0.00138. The maximum atomic E-state index is 12.3. The largest absolute Gasteiger partial charge is 0.395 e. The Kier molecular flexibility index (Phi) is 6.60. The molecule has 4 heteroatoms. The summed E-state index contributed by atoms with van der Waals surface area (Å²) in [6, 6.07) is 10.6. The number of rotatable bonds is 7. The van der Waals surface area contributed by atoms with Crippen LogP contribution in [0, 0.1) is 0 Å². The lowest BCUT2D eigenvalue weighted by Gasteiger charge is -2.38. The van der Waals surface area contributed by atoms with Gasteiger partial charge in [0.15, 0.2) is 0 Å². The van der Waals surface area contributed by atoms with Crippen molar-refractivity contribution in [2.75, 3.05) is 26.7 Å². The van der Waals surface area contributed by atoms with E-state index in [1.807, 2.05) is 24.9 Å². The lowest BCUT2D eigenvalue weighted by atomic mass is 9.69. The molecule has 1 aromatic rings. The van der Waals surface area contributed by atoms with Gasteiger partial charge in [0.05, 0.1) is 13.2 Å². The molecule has 1 aromatic carbocycles. The number of aliphatic hydroxyl groups is 1. The van der Waals surface area contributed by atoms with E-state index < -0.39 is 0 Å². The van der Waals surface area contributed by atoms with Crippen LogP contribution in [-0.4, -0.2) is 48.7 Å². The van der Waals surface area contributed by atoms with Gasteiger partial charge in [-0.15, -0.1) is 0 Å². The summed E-state index contributed by atoms with van der Waals surface area (Å²) in [4.78, 5) is 14.1. The molecule has 0 aromatic heterocycles. The molecule has 2 N–H and O–H groups in total. The summed E-state index contributed by atoms with van der Waals surface area (Å²) in [5, 5.41) is 12.3. The van der Waals surface area contributed by atoms with Crippen LogP contribution in [0.4, 0.5) is 0 Å². The number of likely N-dealkylation sites (N-methyl/N-ethyl adjacent to an activating group) is 1. The Bertz CT molecular complexity index is 483. The van der Waals surface area contributed by atoms with E-state index >= 15 is 0 Å². The first-order valence-corrected chi connectivity index (χ1v) is 8.71. The molecule has 4 nitrogen and oxygen atoms in total. The van der Waals surface area contributed by atoms with Gasteiger partial charge in [-0.1, -0.05) is 49.6 Å². The van der Waals surface area contributed by atoms with Crippen LogP contribution in [0.5, 0.6) is 0 Å². The molecule has 23 heavy (non-hydrogen) atoms. The second-order valence-corrected chi connectivity index (χ2v) is 6.93. The first-order chi connectivity index (χ1) is 11.1. The minimum Gasteiger partial charge on any atom is -0.395 e. The van der Waals surface area contributed by atoms with Gasteiger partial charge >= 0.3 is 0 Å². The average molecular weight is 318 g/mol. The number of aliphatic hydroxyl groups excluding tert-OH is 1. The summed E-state index contributed by atoms with van der Waals surface area (Å²) >= 11 is 0. The molecule has 1 amide bonds. The quantitative estimate of drug-likeness (QED) is 0.811. The van der Waals surface area contributed by atoms with Gasteiger partial charge in [0.2, 0.25) is 5.91 Å². The molecule has 1 unspecified atom stereocenters. The molecule has 0 spiro atoms. The van der Waals surface area contributed by atoms with E-state index in [0.29, 0.717) is 13.1 Å². The zero-order chi connectivity index (χ0) is 16.7. The molecular weight excluding hydrogens is 288 g/mol. The molecule has 1 fully saturated rings. The second-order valence-electron chi connectivity index (χ2n) is 6.93. The van der Waals surface area contributed by atoms with E-state index in [1.165, 1.54) is 24.8 Å². The van der Waals surface area contributed by atoms with E-state index in [9.17, 15) is 4.79 Å². The fourth-order valence-corrected chi connectivity index (χ4v) is 3.43. The first kappa shape index (κ1) is 18.0. The summed E-state index contributed by atoms with van der Waals surface area (Å²) in [6.07, 6.45) is 6.03. The van der Waals surface area contributed by atoms with Gasteiger partial charge in [-0.2, -0.15) is 0 Å². The van der Waals surface area contributed by atoms with Gasteiger partial charge in [-0.05, 0) is 32.4 Å². The molecule has 0 radical (unpaired) electrons. The third-order valence-corrected chi connectivity index (χ3v) is 5.23. The van der Waals surface area contributed by atoms with Gasteiger partial charge in [-0.25, -0.2) is 0 Å². The van der Waals surface area contributed by atoms with Crippen molar-refractivity contribution in [2.45, 2.75) is 50.5 Å². The minimum atomic E-state index is -0.00138. The Labute approximate surface area is 139 Å².